The van der Waals surface area contributed by atoms with Crippen LogP contribution in [0.4, 0.5) is 0 Å². The van der Waals surface area contributed by atoms with Gasteiger partial charge < -0.3 is 9.73 Å². The van der Waals surface area contributed by atoms with Crippen molar-refractivity contribution in [3.63, 3.8) is 0 Å². The van der Waals surface area contributed by atoms with Crippen molar-refractivity contribution in [3.8, 4) is 0 Å². The van der Waals surface area contributed by atoms with Gasteiger partial charge in [-0.15, -0.1) is 0 Å². The lowest BCUT2D eigenvalue weighted by atomic mass is 10.1. The van der Waals surface area contributed by atoms with E-state index in [0.29, 0.717) is 5.76 Å². The molecule has 4 rings (SSSR count). The normalized spacial score (nSPS) is 12.4. The van der Waals surface area contributed by atoms with Gasteiger partial charge in [0.05, 0.1) is 23.7 Å². The van der Waals surface area contributed by atoms with E-state index in [1.165, 1.54) is 10.5 Å². The summed E-state index contributed by atoms with van der Waals surface area (Å²) >= 11 is 0. The third-order valence-corrected chi connectivity index (χ3v) is 7.89. The molecular weight excluding hydrogens is 528 g/mol. The van der Waals surface area contributed by atoms with Crippen LogP contribution >= 0.6 is 0 Å². The number of aryl methyl sites for hydroxylation is 1. The van der Waals surface area contributed by atoms with Gasteiger partial charge in [-0.1, -0.05) is 78.4 Å². The molecule has 10 heteroatoms. The van der Waals surface area contributed by atoms with Gasteiger partial charge in [-0.25, -0.2) is 13.8 Å². The Balaban J connectivity index is 1.41. The minimum absolute atomic E-state index is 0.0227. The Morgan fingerprint density at radius 1 is 0.875 bits per heavy atom. The number of nitrogens with one attached hydrogen (secondary N) is 2. The number of amides is 2. The highest BCUT2D eigenvalue weighted by molar-refractivity contribution is 7.89. The van der Waals surface area contributed by atoms with E-state index >= 15 is 0 Å². The first-order chi connectivity index (χ1) is 19.2. The minimum atomic E-state index is -3.83. The molecule has 0 unspecified atom stereocenters. The van der Waals surface area contributed by atoms with E-state index in [-0.39, 0.29) is 29.8 Å². The number of rotatable bonds is 10. The van der Waals surface area contributed by atoms with E-state index in [2.05, 4.69) is 15.8 Å². The third kappa shape index (κ3) is 7.52. The first-order valence-corrected chi connectivity index (χ1v) is 14.0. The van der Waals surface area contributed by atoms with Crippen molar-refractivity contribution >= 4 is 28.1 Å². The predicted octanol–water partition coefficient (Wildman–Crippen LogP) is 4.31. The van der Waals surface area contributed by atoms with Gasteiger partial charge in [-0.05, 0) is 49.2 Å². The summed E-state index contributed by atoms with van der Waals surface area (Å²) < 4.78 is 34.1. The molecular formula is C30H30N4O5S. The van der Waals surface area contributed by atoms with Gasteiger partial charge in [0.1, 0.15) is 11.5 Å². The molecule has 1 aromatic heterocycles. The number of hydrogen-bond donors (Lipinski definition) is 2. The van der Waals surface area contributed by atoms with E-state index < -0.39 is 21.8 Å². The van der Waals surface area contributed by atoms with Crippen molar-refractivity contribution in [2.75, 3.05) is 0 Å². The lowest BCUT2D eigenvalue weighted by molar-refractivity contribution is -0.139. The number of carbonyl (C=O) groups is 2. The second kappa shape index (κ2) is 13.0. The Bertz CT molecular complexity index is 1570. The van der Waals surface area contributed by atoms with Crippen LogP contribution in [-0.2, 0) is 32.7 Å². The fourth-order valence-electron chi connectivity index (χ4n) is 3.89. The Morgan fingerprint density at radius 3 is 2.20 bits per heavy atom. The van der Waals surface area contributed by atoms with Gasteiger partial charge in [0.15, 0.2) is 0 Å². The second-order valence-corrected chi connectivity index (χ2v) is 11.1. The van der Waals surface area contributed by atoms with E-state index in [4.69, 9.17) is 4.42 Å². The number of nitrogens with zero attached hydrogens (tertiary/aromatic N) is 2. The average Bonchev–Trinajstić information content (AvgIpc) is 3.41. The van der Waals surface area contributed by atoms with E-state index in [1.807, 2.05) is 67.6 Å². The Morgan fingerprint density at radius 2 is 1.52 bits per heavy atom. The molecule has 206 valence electrons. The lowest BCUT2D eigenvalue weighted by Gasteiger charge is -2.21. The fourth-order valence-corrected chi connectivity index (χ4v) is 5.28. The maximum Gasteiger partial charge on any atom is 0.329 e. The molecule has 3 aromatic carbocycles. The molecule has 9 nitrogen and oxygen atoms in total. The topological polar surface area (TPSA) is 121 Å². The zero-order valence-corrected chi connectivity index (χ0v) is 23.0. The molecule has 0 aliphatic heterocycles. The molecule has 0 saturated carbocycles. The monoisotopic (exact) mass is 558 g/mol. The van der Waals surface area contributed by atoms with Crippen molar-refractivity contribution in [2.45, 2.75) is 37.9 Å². The van der Waals surface area contributed by atoms with Gasteiger partial charge in [-0.3, -0.25) is 9.59 Å². The highest BCUT2D eigenvalue weighted by Crippen LogP contribution is 2.22. The maximum atomic E-state index is 13.5. The molecule has 0 bridgehead atoms. The number of carbonyl (C=O) groups excluding carboxylic acids is 2. The summed E-state index contributed by atoms with van der Waals surface area (Å²) in [6.45, 7) is 3.79. The summed E-state index contributed by atoms with van der Waals surface area (Å²) in [4.78, 5) is 24.5. The SMILES string of the molecule is Cc1ccc(S(=O)(=O)N(Cc2ccccc2)Cc2ccc(/C=N/NC(=O)C(=O)N[C@H](C)c3ccccc3)o2)cc1. The number of benzene rings is 3. The van der Waals surface area contributed by atoms with Gasteiger partial charge in [0, 0.05) is 6.54 Å². The molecule has 0 saturated heterocycles. The molecule has 0 aliphatic carbocycles. The summed E-state index contributed by atoms with van der Waals surface area (Å²) in [5.41, 5.74) is 4.82. The Hall–Kier alpha value is -4.54. The van der Waals surface area contributed by atoms with Crippen LogP contribution in [0.25, 0.3) is 0 Å². The van der Waals surface area contributed by atoms with Crippen molar-refractivity contribution in [1.29, 1.82) is 0 Å². The molecule has 4 aromatic rings. The standard InChI is InChI=1S/C30H30N4O5S/c1-22-13-17-28(18-14-22)40(37,38)34(20-24-9-5-3-6-10-24)21-27-16-15-26(39-27)19-31-33-30(36)29(35)32-23(2)25-11-7-4-8-12-25/h3-19,23H,20-21H2,1-2H3,(H,32,35)(H,33,36)/b31-19+/t23-/m1/s1. The quantitative estimate of drug-likeness (QED) is 0.171. The predicted molar refractivity (Wildman–Crippen MR) is 151 cm³/mol. The second-order valence-electron chi connectivity index (χ2n) is 9.18. The van der Waals surface area contributed by atoms with Crippen LogP contribution in [0.5, 0.6) is 0 Å². The highest BCUT2D eigenvalue weighted by Gasteiger charge is 2.26. The Labute approximate surface area is 233 Å². The smallest absolute Gasteiger partial charge is 0.329 e. The number of furan rings is 1. The van der Waals surface area contributed by atoms with Gasteiger partial charge >= 0.3 is 11.8 Å². The van der Waals surface area contributed by atoms with Crippen molar-refractivity contribution in [3.05, 3.63) is 125 Å². The van der Waals surface area contributed by atoms with Crippen LogP contribution in [0, 0.1) is 6.92 Å². The van der Waals surface area contributed by atoms with Crippen LogP contribution in [0.3, 0.4) is 0 Å². The number of hydrogen-bond acceptors (Lipinski definition) is 6. The summed E-state index contributed by atoms with van der Waals surface area (Å²) in [5, 5.41) is 6.41. The summed E-state index contributed by atoms with van der Waals surface area (Å²) in [6.07, 6.45) is 1.24. The first-order valence-electron chi connectivity index (χ1n) is 12.6. The number of sulfonamides is 1. The summed E-state index contributed by atoms with van der Waals surface area (Å²) in [6, 6.07) is 28.1. The lowest BCUT2D eigenvalue weighted by Crippen LogP contribution is -2.39. The van der Waals surface area contributed by atoms with Crippen molar-refractivity contribution < 1.29 is 22.4 Å². The van der Waals surface area contributed by atoms with E-state index in [9.17, 15) is 18.0 Å². The molecule has 1 atom stereocenters. The fraction of sp³-hybridized carbons (Fsp3) is 0.167. The van der Waals surface area contributed by atoms with E-state index in [0.717, 1.165) is 16.7 Å². The molecule has 40 heavy (non-hydrogen) atoms. The van der Waals surface area contributed by atoms with Crippen LogP contribution in [0.15, 0.2) is 111 Å². The zero-order chi connectivity index (χ0) is 28.5. The molecule has 0 fully saturated rings. The minimum Gasteiger partial charge on any atom is -0.459 e. The van der Waals surface area contributed by atoms with Crippen LogP contribution in [0.2, 0.25) is 0 Å². The molecule has 2 N–H and O–H groups in total. The zero-order valence-electron chi connectivity index (χ0n) is 22.2. The molecule has 0 aliphatic rings. The maximum absolute atomic E-state index is 13.5. The third-order valence-electron chi connectivity index (χ3n) is 6.09. The largest absolute Gasteiger partial charge is 0.459 e. The van der Waals surface area contributed by atoms with Crippen LogP contribution in [0.1, 0.15) is 41.2 Å². The van der Waals surface area contributed by atoms with Crippen LogP contribution in [-0.4, -0.2) is 30.8 Å². The molecule has 0 spiro atoms. The highest BCUT2D eigenvalue weighted by atomic mass is 32.2. The molecule has 1 heterocycles. The summed E-state index contributed by atoms with van der Waals surface area (Å²) in [5.74, 6) is -1.09. The average molecular weight is 559 g/mol. The van der Waals surface area contributed by atoms with Gasteiger partial charge in [0.25, 0.3) is 0 Å². The van der Waals surface area contributed by atoms with Gasteiger partial charge in [0.2, 0.25) is 10.0 Å². The van der Waals surface area contributed by atoms with Crippen LogP contribution < -0.4 is 10.7 Å². The van der Waals surface area contributed by atoms with E-state index in [1.54, 1.807) is 43.3 Å². The Kier molecular flexibility index (Phi) is 9.26. The molecule has 0 radical (unpaired) electrons. The number of hydrazone groups is 1. The molecule has 2 amide bonds. The van der Waals surface area contributed by atoms with Gasteiger partial charge in [-0.2, -0.15) is 9.41 Å². The summed E-state index contributed by atoms with van der Waals surface area (Å²) in [7, 11) is -3.83. The van der Waals surface area contributed by atoms with Crippen molar-refractivity contribution in [1.82, 2.24) is 15.0 Å². The first kappa shape index (κ1) is 28.5. The van der Waals surface area contributed by atoms with Crippen molar-refractivity contribution in [2.24, 2.45) is 5.10 Å².